The summed E-state index contributed by atoms with van der Waals surface area (Å²) in [4.78, 5) is 12.1. The number of rotatable bonds is 4. The minimum absolute atomic E-state index is 0.0579. The minimum atomic E-state index is 0.0579. The lowest BCUT2D eigenvalue weighted by Crippen LogP contribution is -2.43. The number of hydrazone groups is 1. The highest BCUT2D eigenvalue weighted by Gasteiger charge is 2.38. The van der Waals surface area contributed by atoms with E-state index in [0.717, 1.165) is 61.3 Å². The number of carbonyl (C=O) groups excluding carboxylic acids is 1. The van der Waals surface area contributed by atoms with Crippen LogP contribution in [0, 0.1) is 11.8 Å². The molecule has 0 unspecified atom stereocenters. The number of carbonyl (C=O) groups is 1. The average molecular weight is 342 g/mol. The van der Waals surface area contributed by atoms with Crippen molar-refractivity contribution in [3.05, 3.63) is 23.8 Å². The summed E-state index contributed by atoms with van der Waals surface area (Å²) in [5.74, 6) is 1.90. The zero-order valence-electron chi connectivity index (χ0n) is 14.8. The van der Waals surface area contributed by atoms with E-state index in [-0.39, 0.29) is 23.8 Å². The van der Waals surface area contributed by atoms with Crippen LogP contribution in [-0.2, 0) is 4.79 Å². The highest BCUT2D eigenvalue weighted by atomic mass is 16.5. The van der Waals surface area contributed by atoms with Crippen molar-refractivity contribution in [1.82, 2.24) is 5.43 Å². The van der Waals surface area contributed by atoms with Gasteiger partial charge in [-0.05, 0) is 56.7 Å². The van der Waals surface area contributed by atoms with Crippen molar-refractivity contribution in [3.8, 4) is 11.5 Å². The van der Waals surface area contributed by atoms with E-state index in [1.807, 2.05) is 18.2 Å². The normalized spacial score (nSPS) is 26.6. The summed E-state index contributed by atoms with van der Waals surface area (Å²) in [7, 11) is 1.67. The number of hydrogen-bond donors (Lipinski definition) is 1. The molecule has 2 fully saturated rings. The van der Waals surface area contributed by atoms with Crippen molar-refractivity contribution in [2.75, 3.05) is 7.11 Å². The molecule has 0 spiro atoms. The topological polar surface area (TPSA) is 59.9 Å². The molecule has 5 heteroatoms. The largest absolute Gasteiger partial charge is 0.493 e. The molecule has 25 heavy (non-hydrogen) atoms. The van der Waals surface area contributed by atoms with Gasteiger partial charge in [0.05, 0.1) is 18.9 Å². The van der Waals surface area contributed by atoms with Gasteiger partial charge < -0.3 is 9.47 Å². The maximum atomic E-state index is 12.1. The number of fused-ring (bicyclic) bond motifs is 1. The van der Waals surface area contributed by atoms with E-state index in [4.69, 9.17) is 9.47 Å². The summed E-state index contributed by atoms with van der Waals surface area (Å²) >= 11 is 0. The summed E-state index contributed by atoms with van der Waals surface area (Å²) in [6.07, 6.45) is 9.22. The molecule has 0 aromatic heterocycles. The lowest BCUT2D eigenvalue weighted by Gasteiger charge is -2.34. The third-order valence-electron chi connectivity index (χ3n) is 5.80. The highest BCUT2D eigenvalue weighted by Crippen LogP contribution is 2.38. The van der Waals surface area contributed by atoms with Gasteiger partial charge in [0.1, 0.15) is 0 Å². The van der Waals surface area contributed by atoms with Crippen LogP contribution in [0.3, 0.4) is 0 Å². The Balaban J connectivity index is 1.64. The first kappa shape index (κ1) is 16.4. The number of amides is 1. The fraction of sp³-hybridized carbons (Fsp3) is 0.600. The van der Waals surface area contributed by atoms with Crippen LogP contribution in [-0.4, -0.2) is 24.8 Å². The maximum Gasteiger partial charge on any atom is 0.243 e. The predicted molar refractivity (Wildman–Crippen MR) is 96.0 cm³/mol. The number of nitrogens with zero attached hydrogens (tertiary/aromatic N) is 1. The molecule has 0 bridgehead atoms. The smallest absolute Gasteiger partial charge is 0.243 e. The summed E-state index contributed by atoms with van der Waals surface area (Å²) < 4.78 is 11.7. The molecule has 134 valence electrons. The summed E-state index contributed by atoms with van der Waals surface area (Å²) in [5, 5.41) is 4.41. The number of nitrogens with one attached hydrogen (secondary N) is 1. The first-order chi connectivity index (χ1) is 12.3. The van der Waals surface area contributed by atoms with E-state index in [1.165, 1.54) is 12.8 Å². The first-order valence-corrected chi connectivity index (χ1v) is 9.49. The molecule has 1 heterocycles. The Labute approximate surface area is 148 Å². The molecule has 2 aliphatic carbocycles. The van der Waals surface area contributed by atoms with Crippen LogP contribution < -0.4 is 14.9 Å². The van der Waals surface area contributed by atoms with Gasteiger partial charge >= 0.3 is 0 Å². The summed E-state index contributed by atoms with van der Waals surface area (Å²) in [5.41, 5.74) is 4.75. The number of hydrogen-bond acceptors (Lipinski definition) is 4. The Morgan fingerprint density at radius 2 is 1.72 bits per heavy atom. The van der Waals surface area contributed by atoms with Crippen molar-refractivity contribution in [2.45, 2.75) is 57.5 Å². The van der Waals surface area contributed by atoms with Gasteiger partial charge in [-0.1, -0.05) is 12.8 Å². The first-order valence-electron chi connectivity index (χ1n) is 9.49. The van der Waals surface area contributed by atoms with Crippen molar-refractivity contribution in [3.63, 3.8) is 0 Å². The maximum absolute atomic E-state index is 12.1. The fourth-order valence-corrected chi connectivity index (χ4v) is 4.45. The van der Waals surface area contributed by atoms with E-state index in [9.17, 15) is 4.79 Å². The van der Waals surface area contributed by atoms with Gasteiger partial charge in [-0.3, -0.25) is 4.79 Å². The average Bonchev–Trinajstić information content (AvgIpc) is 3.15. The van der Waals surface area contributed by atoms with E-state index < -0.39 is 0 Å². The summed E-state index contributed by atoms with van der Waals surface area (Å²) in [6, 6.07) is 6.03. The van der Waals surface area contributed by atoms with Crippen LogP contribution in [0.15, 0.2) is 23.3 Å². The molecule has 0 saturated heterocycles. The molecule has 5 nitrogen and oxygen atoms in total. The SMILES string of the molecule is COc1ccc(C2=NNC(=O)[C@@H]3CCCC[C@H]23)cc1OC1CCCC1. The minimum Gasteiger partial charge on any atom is -0.493 e. The van der Waals surface area contributed by atoms with Crippen LogP contribution in [0.4, 0.5) is 0 Å². The molecule has 3 aliphatic rings. The Hall–Kier alpha value is -2.04. The van der Waals surface area contributed by atoms with E-state index in [2.05, 4.69) is 10.5 Å². The monoisotopic (exact) mass is 342 g/mol. The van der Waals surface area contributed by atoms with Crippen molar-refractivity contribution < 1.29 is 14.3 Å². The van der Waals surface area contributed by atoms with E-state index >= 15 is 0 Å². The molecular formula is C20H26N2O3. The Kier molecular flexibility index (Phi) is 4.64. The second-order valence-corrected chi connectivity index (χ2v) is 7.36. The zero-order valence-corrected chi connectivity index (χ0v) is 14.8. The molecular weight excluding hydrogens is 316 g/mol. The number of ether oxygens (including phenoxy) is 2. The summed E-state index contributed by atoms with van der Waals surface area (Å²) in [6.45, 7) is 0. The molecule has 2 saturated carbocycles. The second-order valence-electron chi connectivity index (χ2n) is 7.36. The molecule has 4 rings (SSSR count). The Morgan fingerprint density at radius 1 is 1.00 bits per heavy atom. The molecule has 0 radical (unpaired) electrons. The van der Waals surface area contributed by atoms with Crippen LogP contribution in [0.2, 0.25) is 0 Å². The standard InChI is InChI=1S/C20H26N2O3/c1-24-17-11-10-13(12-18(17)25-14-6-2-3-7-14)19-15-8-4-5-9-16(15)20(23)22-21-19/h10-12,14-16H,2-9H2,1H3,(H,22,23)/t15-,16+/m0/s1. The second kappa shape index (κ2) is 7.06. The van der Waals surface area contributed by atoms with Gasteiger partial charge in [0.25, 0.3) is 0 Å². The predicted octanol–water partition coefficient (Wildman–Crippen LogP) is 3.66. The van der Waals surface area contributed by atoms with Crippen LogP contribution >= 0.6 is 0 Å². The van der Waals surface area contributed by atoms with E-state index in [1.54, 1.807) is 7.11 Å². The third-order valence-corrected chi connectivity index (χ3v) is 5.80. The molecule has 2 atom stereocenters. The van der Waals surface area contributed by atoms with Gasteiger partial charge in [-0.15, -0.1) is 0 Å². The molecule has 1 aliphatic heterocycles. The third kappa shape index (κ3) is 3.24. The van der Waals surface area contributed by atoms with Crippen molar-refractivity contribution >= 4 is 11.6 Å². The molecule has 1 aromatic rings. The molecule has 1 N–H and O–H groups in total. The van der Waals surface area contributed by atoms with Gasteiger partial charge in [0, 0.05) is 17.4 Å². The van der Waals surface area contributed by atoms with Crippen LogP contribution in [0.5, 0.6) is 11.5 Å². The van der Waals surface area contributed by atoms with Crippen LogP contribution in [0.25, 0.3) is 0 Å². The number of methoxy groups -OCH3 is 1. The van der Waals surface area contributed by atoms with Gasteiger partial charge in [-0.2, -0.15) is 5.10 Å². The molecule has 1 amide bonds. The number of benzene rings is 1. The molecule has 1 aromatic carbocycles. The van der Waals surface area contributed by atoms with Crippen molar-refractivity contribution in [2.24, 2.45) is 16.9 Å². The van der Waals surface area contributed by atoms with Crippen molar-refractivity contribution in [1.29, 1.82) is 0 Å². The zero-order chi connectivity index (χ0) is 17.2. The lowest BCUT2D eigenvalue weighted by molar-refractivity contribution is -0.127. The fourth-order valence-electron chi connectivity index (χ4n) is 4.45. The quantitative estimate of drug-likeness (QED) is 0.908. The van der Waals surface area contributed by atoms with E-state index in [0.29, 0.717) is 0 Å². The van der Waals surface area contributed by atoms with Gasteiger partial charge in [-0.25, -0.2) is 5.43 Å². The highest BCUT2D eigenvalue weighted by molar-refractivity contribution is 6.07. The van der Waals surface area contributed by atoms with Crippen LogP contribution in [0.1, 0.15) is 56.9 Å². The Morgan fingerprint density at radius 3 is 2.48 bits per heavy atom. The van der Waals surface area contributed by atoms with Gasteiger partial charge in [0.15, 0.2) is 11.5 Å². The van der Waals surface area contributed by atoms with Gasteiger partial charge in [0.2, 0.25) is 5.91 Å². The Bertz CT molecular complexity index is 680. The lowest BCUT2D eigenvalue weighted by atomic mass is 9.74.